The van der Waals surface area contributed by atoms with Crippen LogP contribution in [-0.2, 0) is 22.6 Å². The molecule has 1 aliphatic rings. The van der Waals surface area contributed by atoms with Gasteiger partial charge in [-0.1, -0.05) is 19.9 Å². The Morgan fingerprint density at radius 3 is 2.96 bits per heavy atom. The molecule has 0 fully saturated rings. The molecule has 6 nitrogen and oxygen atoms in total. The van der Waals surface area contributed by atoms with Crippen LogP contribution in [0.2, 0.25) is 0 Å². The minimum atomic E-state index is -0.105. The van der Waals surface area contributed by atoms with E-state index in [-0.39, 0.29) is 17.9 Å². The van der Waals surface area contributed by atoms with Crippen molar-refractivity contribution in [3.63, 3.8) is 0 Å². The van der Waals surface area contributed by atoms with Gasteiger partial charge in [0, 0.05) is 30.6 Å². The number of hydrogen-bond acceptors (Lipinski definition) is 4. The predicted molar refractivity (Wildman–Crippen MR) is 102 cm³/mol. The zero-order chi connectivity index (χ0) is 18.5. The lowest BCUT2D eigenvalue weighted by atomic mass is 10.1. The van der Waals surface area contributed by atoms with Crippen LogP contribution in [0.3, 0.4) is 0 Å². The van der Waals surface area contributed by atoms with Crippen molar-refractivity contribution in [2.75, 3.05) is 13.1 Å². The summed E-state index contributed by atoms with van der Waals surface area (Å²) in [7, 11) is 0. The molecule has 0 aromatic carbocycles. The molecule has 1 N–H and O–H groups in total. The van der Waals surface area contributed by atoms with E-state index in [1.165, 1.54) is 4.88 Å². The molecule has 7 heteroatoms. The van der Waals surface area contributed by atoms with Gasteiger partial charge >= 0.3 is 0 Å². The van der Waals surface area contributed by atoms with Crippen molar-refractivity contribution < 1.29 is 9.59 Å². The lowest BCUT2D eigenvalue weighted by Crippen LogP contribution is -2.43. The number of nitrogens with one attached hydrogen (secondary N) is 1. The summed E-state index contributed by atoms with van der Waals surface area (Å²) in [5.74, 6) is 0.482. The van der Waals surface area contributed by atoms with E-state index in [0.29, 0.717) is 38.4 Å². The number of hydrogen-bond donors (Lipinski definition) is 1. The minimum absolute atomic E-state index is 0.00571. The monoisotopic (exact) mass is 374 g/mol. The van der Waals surface area contributed by atoms with Gasteiger partial charge in [0.15, 0.2) is 0 Å². The average Bonchev–Trinajstić information content (AvgIpc) is 3.25. The number of carbonyl (C=O) groups is 2. The molecule has 0 spiro atoms. The summed E-state index contributed by atoms with van der Waals surface area (Å²) >= 11 is 1.70. The summed E-state index contributed by atoms with van der Waals surface area (Å²) in [4.78, 5) is 28.0. The molecule has 3 rings (SSSR count). The molecule has 2 aromatic rings. The Labute approximate surface area is 158 Å². The first-order valence-corrected chi connectivity index (χ1v) is 10.00. The van der Waals surface area contributed by atoms with E-state index >= 15 is 0 Å². The Hall–Kier alpha value is -2.15. The van der Waals surface area contributed by atoms with Crippen LogP contribution >= 0.6 is 11.3 Å². The predicted octanol–water partition coefficient (Wildman–Crippen LogP) is 2.62. The third kappa shape index (κ3) is 4.72. The first kappa shape index (κ1) is 18.6. The summed E-state index contributed by atoms with van der Waals surface area (Å²) in [6.07, 6.45) is 3.46. The van der Waals surface area contributed by atoms with Gasteiger partial charge < -0.3 is 10.2 Å². The van der Waals surface area contributed by atoms with Crippen LogP contribution in [0.25, 0.3) is 0 Å². The molecule has 0 aliphatic carbocycles. The number of rotatable bonds is 7. The lowest BCUT2D eigenvalue weighted by Gasteiger charge is -2.34. The summed E-state index contributed by atoms with van der Waals surface area (Å²) in [6.45, 7) is 5.84. The van der Waals surface area contributed by atoms with Crippen LogP contribution in [0.1, 0.15) is 43.3 Å². The zero-order valence-corrected chi connectivity index (χ0v) is 16.2. The van der Waals surface area contributed by atoms with Crippen LogP contribution in [0, 0.1) is 5.92 Å². The lowest BCUT2D eigenvalue weighted by molar-refractivity contribution is -0.135. The van der Waals surface area contributed by atoms with Gasteiger partial charge in [-0.25, -0.2) is 0 Å². The molecule has 3 heterocycles. The highest BCUT2D eigenvalue weighted by molar-refractivity contribution is 7.09. The molecule has 0 bridgehead atoms. The van der Waals surface area contributed by atoms with E-state index < -0.39 is 0 Å². The molecule has 0 unspecified atom stereocenters. The van der Waals surface area contributed by atoms with Crippen molar-refractivity contribution in [2.24, 2.45) is 5.92 Å². The number of carbonyl (C=O) groups excluding carboxylic acids is 2. The van der Waals surface area contributed by atoms with Gasteiger partial charge in [0.2, 0.25) is 11.8 Å². The Morgan fingerprint density at radius 1 is 1.38 bits per heavy atom. The topological polar surface area (TPSA) is 67.2 Å². The Balaban J connectivity index is 1.57. The second kappa shape index (κ2) is 8.49. The van der Waals surface area contributed by atoms with Gasteiger partial charge in [0.25, 0.3) is 0 Å². The maximum atomic E-state index is 12.5. The molecule has 0 saturated carbocycles. The fraction of sp³-hybridized carbons (Fsp3) is 0.526. The van der Waals surface area contributed by atoms with E-state index in [1.54, 1.807) is 17.5 Å². The molecule has 1 aliphatic heterocycles. The summed E-state index contributed by atoms with van der Waals surface area (Å²) < 4.78 is 1.90. The standard InChI is InChI=1S/C19H26N4O2S/c1-14(2)10-19(25)22-12-15-5-8-21-23(15)16(13-22)11-18(24)20-7-6-17-4-3-9-26-17/h3-5,8-9,14,16H,6-7,10-13H2,1-2H3,(H,20,24)/t16-/m1/s1. The summed E-state index contributed by atoms with van der Waals surface area (Å²) in [5, 5.41) is 9.40. The SMILES string of the molecule is CC(C)CC(=O)N1Cc2ccnn2[C@H](CC(=O)NCCc2cccs2)C1. The second-order valence-corrected chi connectivity index (χ2v) is 8.21. The minimum Gasteiger partial charge on any atom is -0.356 e. The smallest absolute Gasteiger partial charge is 0.223 e. The van der Waals surface area contributed by atoms with Crippen molar-refractivity contribution in [1.29, 1.82) is 0 Å². The quantitative estimate of drug-likeness (QED) is 0.810. The molecule has 0 saturated heterocycles. The van der Waals surface area contributed by atoms with Gasteiger partial charge in [-0.05, 0) is 29.9 Å². The molecular formula is C19H26N4O2S. The van der Waals surface area contributed by atoms with Crippen LogP contribution < -0.4 is 5.32 Å². The van der Waals surface area contributed by atoms with Crippen molar-refractivity contribution in [3.05, 3.63) is 40.3 Å². The fourth-order valence-electron chi connectivity index (χ4n) is 3.27. The van der Waals surface area contributed by atoms with Crippen LogP contribution in [0.15, 0.2) is 29.8 Å². The molecule has 0 radical (unpaired) electrons. The van der Waals surface area contributed by atoms with E-state index in [4.69, 9.17) is 0 Å². The van der Waals surface area contributed by atoms with Crippen molar-refractivity contribution in [2.45, 2.75) is 45.7 Å². The van der Waals surface area contributed by atoms with Gasteiger partial charge in [-0.2, -0.15) is 5.10 Å². The normalized spacial score (nSPS) is 16.6. The summed E-state index contributed by atoms with van der Waals surface area (Å²) in [6, 6.07) is 5.92. The molecule has 1 atom stereocenters. The zero-order valence-electron chi connectivity index (χ0n) is 15.4. The Kier molecular flexibility index (Phi) is 6.08. The molecule has 2 aromatic heterocycles. The third-order valence-corrected chi connectivity index (χ3v) is 5.45. The highest BCUT2D eigenvalue weighted by atomic mass is 32.1. The van der Waals surface area contributed by atoms with E-state index in [9.17, 15) is 9.59 Å². The molecule has 26 heavy (non-hydrogen) atoms. The van der Waals surface area contributed by atoms with Crippen LogP contribution in [0.4, 0.5) is 0 Å². The van der Waals surface area contributed by atoms with Gasteiger partial charge in [-0.15, -0.1) is 11.3 Å². The molecule has 140 valence electrons. The first-order chi connectivity index (χ1) is 12.5. The number of nitrogens with zero attached hydrogens (tertiary/aromatic N) is 3. The largest absolute Gasteiger partial charge is 0.356 e. The van der Waals surface area contributed by atoms with E-state index in [2.05, 4.69) is 16.5 Å². The first-order valence-electron chi connectivity index (χ1n) is 9.12. The number of amides is 2. The number of fused-ring (bicyclic) bond motifs is 1. The van der Waals surface area contributed by atoms with E-state index in [1.807, 2.05) is 40.9 Å². The Bertz CT molecular complexity index is 739. The number of aromatic nitrogens is 2. The fourth-order valence-corrected chi connectivity index (χ4v) is 3.98. The van der Waals surface area contributed by atoms with E-state index in [0.717, 1.165) is 12.1 Å². The second-order valence-electron chi connectivity index (χ2n) is 7.18. The highest BCUT2D eigenvalue weighted by Crippen LogP contribution is 2.24. The Morgan fingerprint density at radius 2 is 2.23 bits per heavy atom. The van der Waals surface area contributed by atoms with Gasteiger partial charge in [0.05, 0.1) is 24.7 Å². The number of thiophene rings is 1. The third-order valence-electron chi connectivity index (χ3n) is 4.51. The van der Waals surface area contributed by atoms with Crippen LogP contribution in [0.5, 0.6) is 0 Å². The highest BCUT2D eigenvalue weighted by Gasteiger charge is 2.29. The average molecular weight is 375 g/mol. The van der Waals surface area contributed by atoms with Gasteiger partial charge in [-0.3, -0.25) is 14.3 Å². The summed E-state index contributed by atoms with van der Waals surface area (Å²) in [5.41, 5.74) is 0.991. The van der Waals surface area contributed by atoms with Crippen LogP contribution in [-0.4, -0.2) is 39.6 Å². The van der Waals surface area contributed by atoms with Crippen molar-refractivity contribution in [1.82, 2.24) is 20.0 Å². The maximum Gasteiger partial charge on any atom is 0.223 e. The van der Waals surface area contributed by atoms with Crippen molar-refractivity contribution in [3.8, 4) is 0 Å². The van der Waals surface area contributed by atoms with Crippen molar-refractivity contribution >= 4 is 23.2 Å². The van der Waals surface area contributed by atoms with Gasteiger partial charge in [0.1, 0.15) is 0 Å². The maximum absolute atomic E-state index is 12.5. The molecular weight excluding hydrogens is 348 g/mol. The molecule has 2 amide bonds.